The summed E-state index contributed by atoms with van der Waals surface area (Å²) in [6, 6.07) is 4.09. The SMILES string of the molecule is OCCOCCOCCCCCc1cccnc1. The standard InChI is InChI=1S/C14H23NO3/c16-8-10-18-12-11-17-9-3-1-2-5-14-6-4-7-15-13-14/h4,6-7,13,16H,1-3,5,8-12H2. The molecule has 0 unspecified atom stereocenters. The molecule has 0 saturated heterocycles. The van der Waals surface area contributed by atoms with Gasteiger partial charge >= 0.3 is 0 Å². The molecule has 0 fully saturated rings. The van der Waals surface area contributed by atoms with Gasteiger partial charge in [0.15, 0.2) is 0 Å². The maximum absolute atomic E-state index is 8.49. The van der Waals surface area contributed by atoms with Gasteiger partial charge in [0.1, 0.15) is 0 Å². The van der Waals surface area contributed by atoms with Crippen LogP contribution < -0.4 is 0 Å². The molecule has 4 nitrogen and oxygen atoms in total. The third kappa shape index (κ3) is 8.17. The molecule has 0 radical (unpaired) electrons. The number of hydrogen-bond donors (Lipinski definition) is 1. The highest BCUT2D eigenvalue weighted by Crippen LogP contribution is 2.04. The number of aryl methyl sites for hydroxylation is 1. The summed E-state index contributed by atoms with van der Waals surface area (Å²) in [7, 11) is 0. The minimum Gasteiger partial charge on any atom is -0.394 e. The zero-order chi connectivity index (χ0) is 12.9. The third-order valence-corrected chi connectivity index (χ3v) is 2.58. The van der Waals surface area contributed by atoms with Crippen LogP contribution in [0.25, 0.3) is 0 Å². The molecule has 0 aliphatic rings. The van der Waals surface area contributed by atoms with Crippen LogP contribution in [-0.2, 0) is 15.9 Å². The Labute approximate surface area is 109 Å². The molecule has 1 rings (SSSR count). The Bertz CT molecular complexity index is 280. The van der Waals surface area contributed by atoms with Gasteiger partial charge < -0.3 is 14.6 Å². The van der Waals surface area contributed by atoms with E-state index in [1.807, 2.05) is 12.3 Å². The van der Waals surface area contributed by atoms with Crippen LogP contribution in [0.5, 0.6) is 0 Å². The second kappa shape index (κ2) is 11.1. The average Bonchev–Trinajstić information content (AvgIpc) is 2.42. The van der Waals surface area contributed by atoms with Crippen LogP contribution in [0.3, 0.4) is 0 Å². The summed E-state index contributed by atoms with van der Waals surface area (Å²) in [5.74, 6) is 0. The van der Waals surface area contributed by atoms with Crippen molar-refractivity contribution in [1.29, 1.82) is 0 Å². The van der Waals surface area contributed by atoms with Crippen LogP contribution in [0.2, 0.25) is 0 Å². The molecule has 0 saturated carbocycles. The number of aliphatic hydroxyl groups excluding tert-OH is 1. The first-order valence-electron chi connectivity index (χ1n) is 6.58. The number of hydrogen-bond acceptors (Lipinski definition) is 4. The van der Waals surface area contributed by atoms with Crippen LogP contribution in [0.4, 0.5) is 0 Å². The lowest BCUT2D eigenvalue weighted by Gasteiger charge is -2.05. The van der Waals surface area contributed by atoms with Crippen molar-refractivity contribution in [3.63, 3.8) is 0 Å². The van der Waals surface area contributed by atoms with Crippen LogP contribution >= 0.6 is 0 Å². The fourth-order valence-electron chi connectivity index (χ4n) is 1.64. The van der Waals surface area contributed by atoms with Crippen molar-refractivity contribution in [3.05, 3.63) is 30.1 Å². The van der Waals surface area contributed by atoms with Crippen molar-refractivity contribution in [3.8, 4) is 0 Å². The lowest BCUT2D eigenvalue weighted by molar-refractivity contribution is 0.0321. The van der Waals surface area contributed by atoms with E-state index >= 15 is 0 Å². The summed E-state index contributed by atoms with van der Waals surface area (Å²) in [6.07, 6.45) is 8.25. The lowest BCUT2D eigenvalue weighted by Crippen LogP contribution is -2.07. The molecule has 18 heavy (non-hydrogen) atoms. The number of nitrogens with zero attached hydrogens (tertiary/aromatic N) is 1. The smallest absolute Gasteiger partial charge is 0.0701 e. The number of unbranched alkanes of at least 4 members (excludes halogenated alkanes) is 2. The number of aromatic nitrogens is 1. The summed E-state index contributed by atoms with van der Waals surface area (Å²) in [5.41, 5.74) is 1.30. The second-order valence-electron chi connectivity index (χ2n) is 4.12. The highest BCUT2D eigenvalue weighted by atomic mass is 16.5. The maximum Gasteiger partial charge on any atom is 0.0701 e. The number of ether oxygens (including phenoxy) is 2. The van der Waals surface area contributed by atoms with Gasteiger partial charge in [0, 0.05) is 19.0 Å². The molecule has 0 aliphatic heterocycles. The molecule has 0 aromatic carbocycles. The van der Waals surface area contributed by atoms with E-state index in [9.17, 15) is 0 Å². The first-order chi connectivity index (χ1) is 8.93. The highest BCUT2D eigenvalue weighted by Gasteiger charge is 1.94. The van der Waals surface area contributed by atoms with Crippen LogP contribution in [0.1, 0.15) is 24.8 Å². The third-order valence-electron chi connectivity index (χ3n) is 2.58. The quantitative estimate of drug-likeness (QED) is 0.611. The van der Waals surface area contributed by atoms with E-state index in [2.05, 4.69) is 11.1 Å². The van der Waals surface area contributed by atoms with Gasteiger partial charge in [-0.2, -0.15) is 0 Å². The van der Waals surface area contributed by atoms with Crippen molar-refractivity contribution in [2.24, 2.45) is 0 Å². The van der Waals surface area contributed by atoms with Crippen LogP contribution in [0.15, 0.2) is 24.5 Å². The van der Waals surface area contributed by atoms with Gasteiger partial charge in [0.2, 0.25) is 0 Å². The van der Waals surface area contributed by atoms with E-state index in [-0.39, 0.29) is 6.61 Å². The van der Waals surface area contributed by atoms with Crippen molar-refractivity contribution in [1.82, 2.24) is 4.98 Å². The maximum atomic E-state index is 8.49. The fraction of sp³-hybridized carbons (Fsp3) is 0.643. The summed E-state index contributed by atoms with van der Waals surface area (Å²) in [6.45, 7) is 2.44. The molecule has 0 amide bonds. The Morgan fingerprint density at radius 2 is 1.83 bits per heavy atom. The Morgan fingerprint density at radius 3 is 2.56 bits per heavy atom. The normalized spacial score (nSPS) is 10.7. The molecular weight excluding hydrogens is 230 g/mol. The molecular formula is C14H23NO3. The first kappa shape index (κ1) is 15.1. The van der Waals surface area contributed by atoms with E-state index in [0.29, 0.717) is 19.8 Å². The molecule has 102 valence electrons. The average molecular weight is 253 g/mol. The number of pyridine rings is 1. The summed E-state index contributed by atoms with van der Waals surface area (Å²) in [5, 5.41) is 8.49. The minimum absolute atomic E-state index is 0.0777. The topological polar surface area (TPSA) is 51.6 Å². The summed E-state index contributed by atoms with van der Waals surface area (Å²) >= 11 is 0. The molecule has 1 heterocycles. The van der Waals surface area contributed by atoms with Gasteiger partial charge in [-0.25, -0.2) is 0 Å². The Hall–Kier alpha value is -0.970. The fourth-order valence-corrected chi connectivity index (χ4v) is 1.64. The zero-order valence-corrected chi connectivity index (χ0v) is 10.9. The summed E-state index contributed by atoms with van der Waals surface area (Å²) < 4.78 is 10.5. The van der Waals surface area contributed by atoms with Crippen LogP contribution in [0, 0.1) is 0 Å². The van der Waals surface area contributed by atoms with Crippen LogP contribution in [-0.4, -0.2) is 43.1 Å². The van der Waals surface area contributed by atoms with E-state index in [1.54, 1.807) is 6.20 Å². The molecule has 1 aromatic rings. The Kier molecular flexibility index (Phi) is 9.34. The van der Waals surface area contributed by atoms with Crippen molar-refractivity contribution in [2.75, 3.05) is 33.0 Å². The second-order valence-corrected chi connectivity index (χ2v) is 4.12. The predicted octanol–water partition coefficient (Wildman–Crippen LogP) is 1.82. The molecule has 0 spiro atoms. The molecule has 1 N–H and O–H groups in total. The van der Waals surface area contributed by atoms with Gasteiger partial charge in [-0.3, -0.25) is 4.98 Å². The number of rotatable bonds is 11. The largest absolute Gasteiger partial charge is 0.394 e. The Morgan fingerprint density at radius 1 is 1.00 bits per heavy atom. The van der Waals surface area contributed by atoms with Gasteiger partial charge in [-0.1, -0.05) is 12.5 Å². The van der Waals surface area contributed by atoms with E-state index in [0.717, 1.165) is 19.4 Å². The first-order valence-corrected chi connectivity index (χ1v) is 6.58. The molecule has 0 atom stereocenters. The Balaban J connectivity index is 1.82. The predicted molar refractivity (Wildman–Crippen MR) is 70.5 cm³/mol. The summed E-state index contributed by atoms with van der Waals surface area (Å²) in [4.78, 5) is 4.09. The van der Waals surface area contributed by atoms with E-state index in [1.165, 1.54) is 18.4 Å². The van der Waals surface area contributed by atoms with E-state index in [4.69, 9.17) is 14.6 Å². The van der Waals surface area contributed by atoms with Gasteiger partial charge in [-0.05, 0) is 30.9 Å². The minimum atomic E-state index is 0.0777. The number of aliphatic hydroxyl groups is 1. The monoisotopic (exact) mass is 253 g/mol. The van der Waals surface area contributed by atoms with E-state index < -0.39 is 0 Å². The highest BCUT2D eigenvalue weighted by molar-refractivity contribution is 5.08. The molecule has 0 bridgehead atoms. The van der Waals surface area contributed by atoms with Gasteiger partial charge in [0.25, 0.3) is 0 Å². The van der Waals surface area contributed by atoms with Crippen molar-refractivity contribution in [2.45, 2.75) is 25.7 Å². The van der Waals surface area contributed by atoms with Crippen molar-refractivity contribution >= 4 is 0 Å². The molecule has 0 aliphatic carbocycles. The molecule has 4 heteroatoms. The van der Waals surface area contributed by atoms with Gasteiger partial charge in [-0.15, -0.1) is 0 Å². The van der Waals surface area contributed by atoms with Crippen molar-refractivity contribution < 1.29 is 14.6 Å². The zero-order valence-electron chi connectivity index (χ0n) is 10.9. The lowest BCUT2D eigenvalue weighted by atomic mass is 10.1. The van der Waals surface area contributed by atoms with Gasteiger partial charge in [0.05, 0.1) is 26.4 Å². The molecule has 1 aromatic heterocycles.